The maximum Gasteiger partial charge on any atom is 0.335 e. The zero-order valence-electron chi connectivity index (χ0n) is 15.2. The first kappa shape index (κ1) is 18.7. The van der Waals surface area contributed by atoms with Crippen molar-refractivity contribution in [3.05, 3.63) is 64.1 Å². The molecule has 2 heterocycles. The number of amides is 1. The highest BCUT2D eigenvalue weighted by atomic mass is 32.2. The van der Waals surface area contributed by atoms with E-state index in [1.165, 1.54) is 40.0 Å². The van der Waals surface area contributed by atoms with Crippen LogP contribution in [0.4, 0.5) is 11.4 Å². The summed E-state index contributed by atoms with van der Waals surface area (Å²) in [5.41, 5.74) is 4.08. The lowest BCUT2D eigenvalue weighted by atomic mass is 9.99. The van der Waals surface area contributed by atoms with Crippen molar-refractivity contribution in [3.63, 3.8) is 0 Å². The van der Waals surface area contributed by atoms with E-state index in [0.29, 0.717) is 14.9 Å². The minimum absolute atomic E-state index is 0.120. The minimum atomic E-state index is -1.04. The Bertz CT molecular complexity index is 1030. The maximum absolute atomic E-state index is 12.9. The summed E-state index contributed by atoms with van der Waals surface area (Å²) in [4.78, 5) is 28.3. The highest BCUT2D eigenvalue weighted by Crippen LogP contribution is 2.37. The van der Waals surface area contributed by atoms with Gasteiger partial charge in [0.05, 0.1) is 16.2 Å². The number of carboxylic acids is 1. The van der Waals surface area contributed by atoms with Gasteiger partial charge in [0.15, 0.2) is 4.32 Å². The van der Waals surface area contributed by atoms with Gasteiger partial charge in [0.2, 0.25) is 0 Å². The summed E-state index contributed by atoms with van der Waals surface area (Å²) in [6.45, 7) is 1.06. The molecule has 0 bridgehead atoms. The Morgan fingerprint density at radius 1 is 1.25 bits per heavy atom. The molecule has 0 unspecified atom stereocenters. The summed E-state index contributed by atoms with van der Waals surface area (Å²) < 4.78 is 0.400. The van der Waals surface area contributed by atoms with Crippen LogP contribution in [0, 0.1) is 0 Å². The van der Waals surface area contributed by atoms with E-state index >= 15 is 0 Å². The summed E-state index contributed by atoms with van der Waals surface area (Å²) in [5.74, 6) is -1.27. The second kappa shape index (κ2) is 7.41. The van der Waals surface area contributed by atoms with E-state index in [0.717, 1.165) is 24.9 Å². The van der Waals surface area contributed by atoms with Crippen LogP contribution in [-0.4, -0.2) is 34.9 Å². The van der Waals surface area contributed by atoms with E-state index < -0.39 is 5.97 Å². The molecule has 2 aromatic carbocycles. The number of rotatable bonds is 3. The van der Waals surface area contributed by atoms with Crippen molar-refractivity contribution in [3.8, 4) is 0 Å². The number of aryl methyl sites for hydroxylation is 1. The van der Waals surface area contributed by atoms with Gasteiger partial charge in [-0.15, -0.1) is 0 Å². The Morgan fingerprint density at radius 2 is 2.07 bits per heavy atom. The first-order valence-electron chi connectivity index (χ1n) is 8.89. The van der Waals surface area contributed by atoms with Gasteiger partial charge < -0.3 is 10.0 Å². The Morgan fingerprint density at radius 3 is 2.86 bits per heavy atom. The normalized spacial score (nSPS) is 18.0. The lowest BCUT2D eigenvalue weighted by molar-refractivity contribution is -0.113. The number of nitrogens with zero attached hydrogens (tertiary/aromatic N) is 2. The maximum atomic E-state index is 12.9. The number of aromatic carboxylic acids is 1. The molecule has 28 heavy (non-hydrogen) atoms. The number of thiocarbonyl (C=S) groups is 1. The Kier molecular flexibility index (Phi) is 4.95. The molecule has 0 saturated carbocycles. The molecule has 0 aliphatic carbocycles. The molecule has 142 valence electrons. The number of carboxylic acid groups (broad SMARTS) is 1. The van der Waals surface area contributed by atoms with Crippen molar-refractivity contribution in [2.75, 3.05) is 23.4 Å². The molecule has 0 spiro atoms. The van der Waals surface area contributed by atoms with Gasteiger partial charge in [0, 0.05) is 19.3 Å². The smallest absolute Gasteiger partial charge is 0.335 e. The van der Waals surface area contributed by atoms with Crippen LogP contribution in [-0.2, 0) is 11.2 Å². The van der Waals surface area contributed by atoms with Gasteiger partial charge in [-0.05, 0) is 60.4 Å². The molecule has 1 saturated heterocycles. The molecule has 1 amide bonds. The van der Waals surface area contributed by atoms with Gasteiger partial charge in [-0.2, -0.15) is 0 Å². The number of fused-ring (bicyclic) bond motifs is 1. The van der Waals surface area contributed by atoms with Crippen LogP contribution in [0.3, 0.4) is 0 Å². The van der Waals surface area contributed by atoms with Crippen LogP contribution >= 0.6 is 24.0 Å². The number of carbonyl (C=O) groups is 2. The first-order valence-corrected chi connectivity index (χ1v) is 10.1. The third-order valence-electron chi connectivity index (χ3n) is 4.90. The fraction of sp³-hybridized carbons (Fsp3) is 0.190. The molecule has 0 atom stereocenters. The molecular weight excluding hydrogens is 392 g/mol. The zero-order chi connectivity index (χ0) is 19.8. The predicted octanol–water partition coefficient (Wildman–Crippen LogP) is 4.17. The number of hydrogen-bond acceptors (Lipinski definition) is 5. The van der Waals surface area contributed by atoms with Gasteiger partial charge in [-0.25, -0.2) is 4.79 Å². The largest absolute Gasteiger partial charge is 0.478 e. The monoisotopic (exact) mass is 410 g/mol. The summed E-state index contributed by atoms with van der Waals surface area (Å²) >= 11 is 6.62. The Hall–Kier alpha value is -2.64. The fourth-order valence-corrected chi connectivity index (χ4v) is 4.81. The summed E-state index contributed by atoms with van der Waals surface area (Å²) in [7, 11) is 2.09. The highest BCUT2D eigenvalue weighted by molar-refractivity contribution is 8.27. The lowest BCUT2D eigenvalue weighted by Crippen LogP contribution is -2.27. The fourth-order valence-electron chi connectivity index (χ4n) is 3.51. The van der Waals surface area contributed by atoms with E-state index in [2.05, 4.69) is 24.1 Å². The zero-order valence-corrected chi connectivity index (χ0v) is 16.8. The highest BCUT2D eigenvalue weighted by Gasteiger charge is 2.33. The molecule has 2 aliphatic heterocycles. The molecule has 1 N–H and O–H groups in total. The quantitative estimate of drug-likeness (QED) is 0.605. The lowest BCUT2D eigenvalue weighted by Gasteiger charge is -2.27. The predicted molar refractivity (Wildman–Crippen MR) is 117 cm³/mol. The molecule has 7 heteroatoms. The number of thioether (sulfide) groups is 1. The molecule has 5 nitrogen and oxygen atoms in total. The third-order valence-corrected chi connectivity index (χ3v) is 6.20. The SMILES string of the molecule is CN1CCCc2cc(/C=C3\SC(=S)N(c4cccc(C(=O)O)c4)C3=O)ccc21. The van der Waals surface area contributed by atoms with Gasteiger partial charge in [0.1, 0.15) is 0 Å². The number of carbonyl (C=O) groups excluding carboxylic acids is 1. The second-order valence-corrected chi connectivity index (χ2v) is 8.46. The standard InChI is InChI=1S/C21H18N2O3S2/c1-22-9-3-5-14-10-13(7-8-17(14)22)11-18-19(24)23(21(27)28-18)16-6-2-4-15(12-16)20(25)26/h2,4,6-8,10-12H,3,5,9H2,1H3,(H,25,26)/b18-11-. The number of anilines is 2. The van der Waals surface area contributed by atoms with E-state index in [9.17, 15) is 14.7 Å². The summed E-state index contributed by atoms with van der Waals surface area (Å²) in [6, 6.07) is 12.5. The van der Waals surface area contributed by atoms with Crippen LogP contribution < -0.4 is 9.80 Å². The van der Waals surface area contributed by atoms with Crippen molar-refractivity contribution in [2.45, 2.75) is 12.8 Å². The van der Waals surface area contributed by atoms with Crippen molar-refractivity contribution >= 4 is 57.6 Å². The second-order valence-electron chi connectivity index (χ2n) is 6.79. The van der Waals surface area contributed by atoms with Crippen molar-refractivity contribution in [2.24, 2.45) is 0 Å². The van der Waals surface area contributed by atoms with E-state index in [4.69, 9.17) is 12.2 Å². The van der Waals surface area contributed by atoms with E-state index in [-0.39, 0.29) is 11.5 Å². The number of benzene rings is 2. The topological polar surface area (TPSA) is 60.9 Å². The molecular formula is C21H18N2O3S2. The van der Waals surface area contributed by atoms with E-state index in [1.54, 1.807) is 12.1 Å². The number of hydrogen-bond donors (Lipinski definition) is 1. The average molecular weight is 411 g/mol. The molecule has 0 radical (unpaired) electrons. The van der Waals surface area contributed by atoms with Crippen molar-refractivity contribution < 1.29 is 14.7 Å². The van der Waals surface area contributed by atoms with Crippen LogP contribution in [0.5, 0.6) is 0 Å². The Balaban J connectivity index is 1.64. The third kappa shape index (κ3) is 3.43. The molecule has 0 aromatic heterocycles. The van der Waals surface area contributed by atoms with Crippen LogP contribution in [0.1, 0.15) is 27.9 Å². The van der Waals surface area contributed by atoms with Crippen LogP contribution in [0.2, 0.25) is 0 Å². The van der Waals surface area contributed by atoms with E-state index in [1.807, 2.05) is 12.1 Å². The minimum Gasteiger partial charge on any atom is -0.478 e. The average Bonchev–Trinajstić information content (AvgIpc) is 2.95. The van der Waals surface area contributed by atoms with Gasteiger partial charge in [0.25, 0.3) is 5.91 Å². The molecule has 4 rings (SSSR count). The molecule has 2 aromatic rings. The molecule has 2 aliphatic rings. The molecule has 1 fully saturated rings. The summed E-state index contributed by atoms with van der Waals surface area (Å²) in [6.07, 6.45) is 4.01. The van der Waals surface area contributed by atoms with Gasteiger partial charge in [-0.3, -0.25) is 9.69 Å². The van der Waals surface area contributed by atoms with Gasteiger partial charge >= 0.3 is 5.97 Å². The van der Waals surface area contributed by atoms with Crippen LogP contribution in [0.25, 0.3) is 6.08 Å². The van der Waals surface area contributed by atoms with Crippen molar-refractivity contribution in [1.29, 1.82) is 0 Å². The van der Waals surface area contributed by atoms with Crippen LogP contribution in [0.15, 0.2) is 47.4 Å². The summed E-state index contributed by atoms with van der Waals surface area (Å²) in [5, 5.41) is 9.19. The van der Waals surface area contributed by atoms with Crippen molar-refractivity contribution in [1.82, 2.24) is 0 Å². The first-order chi connectivity index (χ1) is 13.4. The Labute approximate surface area is 172 Å². The van der Waals surface area contributed by atoms with Gasteiger partial charge in [-0.1, -0.05) is 36.1 Å².